The second-order valence-corrected chi connectivity index (χ2v) is 2.54. The SMILES string of the molecule is CN(CCO)CC(O)C(F)(F)F. The molecule has 0 fully saturated rings. The van der Waals surface area contributed by atoms with Crippen LogP contribution in [0.3, 0.4) is 0 Å². The molecule has 0 aromatic rings. The first-order valence-corrected chi connectivity index (χ1v) is 3.42. The Kier molecular flexibility index (Phi) is 4.51. The third-order valence-electron chi connectivity index (χ3n) is 1.34. The first-order chi connectivity index (χ1) is 5.38. The summed E-state index contributed by atoms with van der Waals surface area (Å²) in [4.78, 5) is 1.21. The van der Waals surface area contributed by atoms with E-state index in [0.29, 0.717) is 0 Å². The summed E-state index contributed by atoms with van der Waals surface area (Å²) in [5, 5.41) is 16.9. The Hall–Kier alpha value is -0.330. The van der Waals surface area contributed by atoms with Gasteiger partial charge in [0.05, 0.1) is 6.61 Å². The van der Waals surface area contributed by atoms with Crippen LogP contribution in [-0.2, 0) is 0 Å². The van der Waals surface area contributed by atoms with Gasteiger partial charge in [-0.05, 0) is 7.05 Å². The molecule has 0 aromatic heterocycles. The minimum Gasteiger partial charge on any atom is -0.395 e. The van der Waals surface area contributed by atoms with Crippen LogP contribution in [0.4, 0.5) is 13.2 Å². The number of nitrogens with zero attached hydrogens (tertiary/aromatic N) is 1. The predicted molar refractivity (Wildman–Crippen MR) is 36.6 cm³/mol. The van der Waals surface area contributed by atoms with E-state index in [1.54, 1.807) is 0 Å². The fourth-order valence-electron chi connectivity index (χ4n) is 0.661. The lowest BCUT2D eigenvalue weighted by Gasteiger charge is -2.21. The van der Waals surface area contributed by atoms with Crippen molar-refractivity contribution < 1.29 is 23.4 Å². The van der Waals surface area contributed by atoms with Gasteiger partial charge in [-0.2, -0.15) is 13.2 Å². The number of aliphatic hydroxyl groups excluding tert-OH is 2. The van der Waals surface area contributed by atoms with Crippen molar-refractivity contribution in [2.45, 2.75) is 12.3 Å². The lowest BCUT2D eigenvalue weighted by atomic mass is 10.3. The smallest absolute Gasteiger partial charge is 0.395 e. The number of likely N-dealkylation sites (N-methyl/N-ethyl adjacent to an activating group) is 1. The average molecular weight is 187 g/mol. The van der Waals surface area contributed by atoms with Crippen LogP contribution in [0.1, 0.15) is 0 Å². The number of halogens is 3. The molecule has 0 amide bonds. The molecule has 0 aliphatic carbocycles. The Balaban J connectivity index is 3.76. The van der Waals surface area contributed by atoms with Crippen molar-refractivity contribution in [3.8, 4) is 0 Å². The number of rotatable bonds is 4. The van der Waals surface area contributed by atoms with Crippen molar-refractivity contribution in [3.05, 3.63) is 0 Å². The van der Waals surface area contributed by atoms with Gasteiger partial charge in [-0.3, -0.25) is 0 Å². The molecule has 6 heteroatoms. The van der Waals surface area contributed by atoms with Crippen LogP contribution in [0.25, 0.3) is 0 Å². The Morgan fingerprint density at radius 3 is 2.25 bits per heavy atom. The summed E-state index contributed by atoms with van der Waals surface area (Å²) in [6.45, 7) is -0.613. The molecule has 0 saturated heterocycles. The Morgan fingerprint density at radius 2 is 1.92 bits per heavy atom. The zero-order chi connectivity index (χ0) is 9.78. The summed E-state index contributed by atoms with van der Waals surface area (Å²) in [6.07, 6.45) is -6.92. The molecule has 0 rings (SSSR count). The van der Waals surface area contributed by atoms with Gasteiger partial charge in [-0.1, -0.05) is 0 Å². The minimum absolute atomic E-state index is 0.118. The Morgan fingerprint density at radius 1 is 1.42 bits per heavy atom. The van der Waals surface area contributed by atoms with Crippen LogP contribution >= 0.6 is 0 Å². The van der Waals surface area contributed by atoms with Crippen LogP contribution in [0, 0.1) is 0 Å². The third kappa shape index (κ3) is 4.53. The molecule has 74 valence electrons. The van der Waals surface area contributed by atoms with Crippen molar-refractivity contribution in [3.63, 3.8) is 0 Å². The summed E-state index contributed by atoms with van der Waals surface area (Å²) in [6, 6.07) is 0. The molecular weight excluding hydrogens is 175 g/mol. The second-order valence-electron chi connectivity index (χ2n) is 2.54. The zero-order valence-corrected chi connectivity index (χ0v) is 6.67. The second kappa shape index (κ2) is 4.64. The van der Waals surface area contributed by atoms with Gasteiger partial charge in [0, 0.05) is 13.1 Å². The molecule has 0 saturated carbocycles. The molecule has 0 radical (unpaired) electrons. The van der Waals surface area contributed by atoms with Gasteiger partial charge in [0.25, 0.3) is 0 Å². The number of hydrogen-bond acceptors (Lipinski definition) is 3. The topological polar surface area (TPSA) is 43.7 Å². The minimum atomic E-state index is -4.58. The lowest BCUT2D eigenvalue weighted by Crippen LogP contribution is -2.40. The van der Waals surface area contributed by atoms with Crippen LogP contribution in [0.5, 0.6) is 0 Å². The molecule has 0 aromatic carbocycles. The van der Waals surface area contributed by atoms with Gasteiger partial charge in [-0.15, -0.1) is 0 Å². The average Bonchev–Trinajstić information content (AvgIpc) is 1.85. The fraction of sp³-hybridized carbons (Fsp3) is 1.00. The predicted octanol–water partition coefficient (Wildman–Crippen LogP) is -0.166. The highest BCUT2D eigenvalue weighted by atomic mass is 19.4. The van der Waals surface area contributed by atoms with Crippen LogP contribution in [0.15, 0.2) is 0 Å². The summed E-state index contributed by atoms with van der Waals surface area (Å²) in [5.41, 5.74) is 0. The van der Waals surface area contributed by atoms with E-state index in [4.69, 9.17) is 10.2 Å². The van der Waals surface area contributed by atoms with E-state index in [9.17, 15) is 13.2 Å². The van der Waals surface area contributed by atoms with E-state index in [1.807, 2.05) is 0 Å². The number of alkyl halides is 3. The quantitative estimate of drug-likeness (QED) is 0.642. The van der Waals surface area contributed by atoms with Gasteiger partial charge in [-0.25, -0.2) is 0 Å². The first-order valence-electron chi connectivity index (χ1n) is 3.42. The molecule has 0 spiro atoms. The molecule has 3 nitrogen and oxygen atoms in total. The molecule has 0 aliphatic rings. The van der Waals surface area contributed by atoms with E-state index >= 15 is 0 Å². The van der Waals surface area contributed by atoms with Crippen LogP contribution in [0.2, 0.25) is 0 Å². The van der Waals surface area contributed by atoms with Gasteiger partial charge >= 0.3 is 6.18 Å². The van der Waals surface area contributed by atoms with Gasteiger partial charge in [0.1, 0.15) is 0 Å². The summed E-state index contributed by atoms with van der Waals surface area (Å²) in [5.74, 6) is 0. The lowest BCUT2D eigenvalue weighted by molar-refractivity contribution is -0.207. The van der Waals surface area contributed by atoms with Crippen molar-refractivity contribution >= 4 is 0 Å². The van der Waals surface area contributed by atoms with Crippen molar-refractivity contribution in [1.29, 1.82) is 0 Å². The first kappa shape index (κ1) is 11.7. The Bertz CT molecular complexity index is 128. The monoisotopic (exact) mass is 187 g/mol. The standard InChI is InChI=1S/C6H12F3NO2/c1-10(2-3-11)4-5(12)6(7,8)9/h5,11-12H,2-4H2,1H3. The molecule has 0 heterocycles. The largest absolute Gasteiger partial charge is 0.415 e. The highest BCUT2D eigenvalue weighted by molar-refractivity contribution is 4.68. The molecule has 0 aliphatic heterocycles. The van der Waals surface area contributed by atoms with Gasteiger partial charge in [0.15, 0.2) is 6.10 Å². The van der Waals surface area contributed by atoms with E-state index in [1.165, 1.54) is 11.9 Å². The summed E-state index contributed by atoms with van der Waals surface area (Å²) < 4.78 is 35.1. The maximum Gasteiger partial charge on any atom is 0.415 e. The van der Waals surface area contributed by atoms with Crippen LogP contribution < -0.4 is 0 Å². The maximum absolute atomic E-state index is 11.7. The molecule has 2 N–H and O–H groups in total. The van der Waals surface area contributed by atoms with Crippen molar-refractivity contribution in [2.24, 2.45) is 0 Å². The highest BCUT2D eigenvalue weighted by Gasteiger charge is 2.38. The van der Waals surface area contributed by atoms with Gasteiger partial charge < -0.3 is 15.1 Å². The van der Waals surface area contributed by atoms with Crippen LogP contribution in [-0.4, -0.2) is 54.1 Å². The number of aliphatic hydroxyl groups is 2. The van der Waals surface area contributed by atoms with E-state index in [-0.39, 0.29) is 13.2 Å². The highest BCUT2D eigenvalue weighted by Crippen LogP contribution is 2.20. The number of hydrogen-bond donors (Lipinski definition) is 2. The molecular formula is C6H12F3NO2. The summed E-state index contributed by atoms with van der Waals surface area (Å²) >= 11 is 0. The fourth-order valence-corrected chi connectivity index (χ4v) is 0.661. The van der Waals surface area contributed by atoms with Crippen molar-refractivity contribution in [1.82, 2.24) is 4.90 Å². The zero-order valence-electron chi connectivity index (χ0n) is 6.67. The third-order valence-corrected chi connectivity index (χ3v) is 1.34. The molecule has 1 atom stereocenters. The molecule has 12 heavy (non-hydrogen) atoms. The van der Waals surface area contributed by atoms with E-state index in [2.05, 4.69) is 0 Å². The molecule has 0 bridgehead atoms. The van der Waals surface area contributed by atoms with Gasteiger partial charge in [0.2, 0.25) is 0 Å². The van der Waals surface area contributed by atoms with E-state index < -0.39 is 18.8 Å². The normalized spacial score (nSPS) is 15.2. The maximum atomic E-state index is 11.7. The Labute approximate surface area is 68.4 Å². The van der Waals surface area contributed by atoms with E-state index in [0.717, 1.165) is 0 Å². The van der Waals surface area contributed by atoms with Crippen molar-refractivity contribution in [2.75, 3.05) is 26.7 Å². The summed E-state index contributed by atoms with van der Waals surface area (Å²) in [7, 11) is 1.39. The molecule has 1 unspecified atom stereocenters.